The molecule has 0 amide bonds. The third-order valence-corrected chi connectivity index (χ3v) is 3.27. The van der Waals surface area contributed by atoms with Gasteiger partial charge in [-0.25, -0.2) is 0 Å². The van der Waals surface area contributed by atoms with Crippen molar-refractivity contribution in [2.45, 2.75) is 31.9 Å². The molecule has 1 saturated heterocycles. The van der Waals surface area contributed by atoms with Gasteiger partial charge < -0.3 is 20.5 Å². The molecule has 0 bridgehead atoms. The highest BCUT2D eigenvalue weighted by Gasteiger charge is 2.34. The van der Waals surface area contributed by atoms with E-state index in [0.717, 1.165) is 24.4 Å². The molecule has 4 heteroatoms. The second kappa shape index (κ2) is 5.16. The number of aliphatic hydroxyl groups is 1. The van der Waals surface area contributed by atoms with Crippen molar-refractivity contribution in [2.24, 2.45) is 5.73 Å². The topological polar surface area (TPSA) is 58.7 Å². The van der Waals surface area contributed by atoms with E-state index in [1.807, 2.05) is 38.1 Å². The summed E-state index contributed by atoms with van der Waals surface area (Å²) in [6.45, 7) is 5.58. The lowest BCUT2D eigenvalue weighted by molar-refractivity contribution is 0.210. The van der Waals surface area contributed by atoms with Crippen LogP contribution in [0, 0.1) is 0 Å². The van der Waals surface area contributed by atoms with Gasteiger partial charge in [-0.2, -0.15) is 0 Å². The molecule has 1 aromatic carbocycles. The van der Waals surface area contributed by atoms with E-state index >= 15 is 0 Å². The Morgan fingerprint density at radius 2 is 2.17 bits per heavy atom. The number of nitrogens with two attached hydrogens (primary N) is 1. The van der Waals surface area contributed by atoms with E-state index in [4.69, 9.17) is 10.5 Å². The summed E-state index contributed by atoms with van der Waals surface area (Å²) >= 11 is 0. The molecule has 1 heterocycles. The summed E-state index contributed by atoms with van der Waals surface area (Å²) in [4.78, 5) is 2.19. The van der Waals surface area contributed by atoms with Crippen molar-refractivity contribution in [3.05, 3.63) is 24.3 Å². The maximum absolute atomic E-state index is 9.32. The molecule has 100 valence electrons. The van der Waals surface area contributed by atoms with Crippen molar-refractivity contribution in [1.29, 1.82) is 0 Å². The van der Waals surface area contributed by atoms with Gasteiger partial charge in [0.1, 0.15) is 5.75 Å². The summed E-state index contributed by atoms with van der Waals surface area (Å²) in [6.07, 6.45) is 0.953. The van der Waals surface area contributed by atoms with Crippen LogP contribution in [0.3, 0.4) is 0 Å². The van der Waals surface area contributed by atoms with Gasteiger partial charge in [0, 0.05) is 13.1 Å². The molecule has 18 heavy (non-hydrogen) atoms. The van der Waals surface area contributed by atoms with Gasteiger partial charge in [0.15, 0.2) is 0 Å². The highest BCUT2D eigenvalue weighted by atomic mass is 16.5. The van der Waals surface area contributed by atoms with Crippen molar-refractivity contribution in [3.63, 3.8) is 0 Å². The fourth-order valence-corrected chi connectivity index (χ4v) is 2.30. The minimum Gasteiger partial charge on any atom is -0.489 e. The highest BCUT2D eigenvalue weighted by molar-refractivity contribution is 5.59. The van der Waals surface area contributed by atoms with Gasteiger partial charge in [-0.15, -0.1) is 0 Å². The number of hydrogen-bond donors (Lipinski definition) is 2. The van der Waals surface area contributed by atoms with Crippen LogP contribution >= 0.6 is 0 Å². The van der Waals surface area contributed by atoms with Gasteiger partial charge in [-0.3, -0.25) is 0 Å². The Labute approximate surface area is 108 Å². The highest BCUT2D eigenvalue weighted by Crippen LogP contribution is 2.33. The molecule has 0 radical (unpaired) electrons. The number of para-hydroxylation sites is 2. The molecule has 1 aliphatic rings. The molecule has 0 aromatic heterocycles. The number of aliphatic hydroxyl groups excluding tert-OH is 1. The van der Waals surface area contributed by atoms with Crippen LogP contribution in [-0.4, -0.2) is 36.4 Å². The third kappa shape index (κ3) is 2.76. The predicted molar refractivity (Wildman–Crippen MR) is 73.0 cm³/mol. The summed E-state index contributed by atoms with van der Waals surface area (Å²) in [6, 6.07) is 7.99. The van der Waals surface area contributed by atoms with Crippen LogP contribution in [0.5, 0.6) is 5.75 Å². The normalized spacial score (nSPS) is 23.7. The Balaban J connectivity index is 2.19. The first kappa shape index (κ1) is 13.2. The standard InChI is InChI=1S/C14H22N2O2/c1-11(2)18-13-6-4-3-5-12(13)16-8-7-14(15,9-16)10-17/h3-6,11,17H,7-10,15H2,1-2H3. The summed E-state index contributed by atoms with van der Waals surface area (Å²) in [7, 11) is 0. The third-order valence-electron chi connectivity index (χ3n) is 3.27. The first-order valence-electron chi connectivity index (χ1n) is 6.44. The van der Waals surface area contributed by atoms with Gasteiger partial charge in [-0.05, 0) is 32.4 Å². The van der Waals surface area contributed by atoms with Crippen molar-refractivity contribution in [2.75, 3.05) is 24.6 Å². The van der Waals surface area contributed by atoms with E-state index in [-0.39, 0.29) is 12.7 Å². The lowest BCUT2D eigenvalue weighted by Crippen LogP contribution is -2.46. The van der Waals surface area contributed by atoms with Crippen LogP contribution in [0.25, 0.3) is 0 Å². The van der Waals surface area contributed by atoms with E-state index in [2.05, 4.69) is 4.90 Å². The Morgan fingerprint density at radius 1 is 1.44 bits per heavy atom. The van der Waals surface area contributed by atoms with Gasteiger partial charge >= 0.3 is 0 Å². The van der Waals surface area contributed by atoms with Gasteiger partial charge in [0.25, 0.3) is 0 Å². The molecule has 0 saturated carbocycles. The van der Waals surface area contributed by atoms with Crippen molar-refractivity contribution in [3.8, 4) is 5.75 Å². The van der Waals surface area contributed by atoms with Gasteiger partial charge in [0.05, 0.1) is 23.9 Å². The molecule has 1 aliphatic heterocycles. The maximum Gasteiger partial charge on any atom is 0.142 e. The first-order chi connectivity index (χ1) is 8.54. The molecule has 2 rings (SSSR count). The average molecular weight is 250 g/mol. The molecule has 1 atom stereocenters. The predicted octanol–water partition coefficient (Wildman–Crippen LogP) is 1.37. The number of rotatable bonds is 4. The van der Waals surface area contributed by atoms with Crippen LogP contribution < -0.4 is 15.4 Å². The molecular weight excluding hydrogens is 228 g/mol. The summed E-state index contributed by atoms with van der Waals surface area (Å²) in [5.74, 6) is 0.884. The zero-order valence-corrected chi connectivity index (χ0v) is 11.1. The Morgan fingerprint density at radius 3 is 2.78 bits per heavy atom. The van der Waals surface area contributed by atoms with Crippen molar-refractivity contribution >= 4 is 5.69 Å². The van der Waals surface area contributed by atoms with Gasteiger partial charge in [-0.1, -0.05) is 12.1 Å². The molecule has 3 N–H and O–H groups in total. The average Bonchev–Trinajstić information content (AvgIpc) is 2.73. The Bertz CT molecular complexity index is 409. The molecule has 1 unspecified atom stereocenters. The van der Waals surface area contributed by atoms with Gasteiger partial charge in [0.2, 0.25) is 0 Å². The van der Waals surface area contributed by atoms with E-state index < -0.39 is 5.54 Å². The largest absolute Gasteiger partial charge is 0.489 e. The molecule has 0 aliphatic carbocycles. The van der Waals surface area contributed by atoms with E-state index in [1.54, 1.807) is 0 Å². The smallest absolute Gasteiger partial charge is 0.142 e. The minimum absolute atomic E-state index is 0.0245. The van der Waals surface area contributed by atoms with Crippen LogP contribution in [0.15, 0.2) is 24.3 Å². The molecule has 1 fully saturated rings. The molecule has 1 aromatic rings. The number of benzene rings is 1. The number of ether oxygens (including phenoxy) is 1. The monoisotopic (exact) mass is 250 g/mol. The number of hydrogen-bond acceptors (Lipinski definition) is 4. The lowest BCUT2D eigenvalue weighted by atomic mass is 10.0. The summed E-state index contributed by atoms with van der Waals surface area (Å²) < 4.78 is 5.81. The number of nitrogens with zero attached hydrogens (tertiary/aromatic N) is 1. The fraction of sp³-hybridized carbons (Fsp3) is 0.571. The Kier molecular flexibility index (Phi) is 3.78. The van der Waals surface area contributed by atoms with E-state index in [0.29, 0.717) is 6.54 Å². The SMILES string of the molecule is CC(C)Oc1ccccc1N1CCC(N)(CO)C1. The van der Waals surface area contributed by atoms with Crippen molar-refractivity contribution in [1.82, 2.24) is 0 Å². The maximum atomic E-state index is 9.32. The molecule has 0 spiro atoms. The first-order valence-corrected chi connectivity index (χ1v) is 6.44. The van der Waals surface area contributed by atoms with E-state index in [1.165, 1.54) is 0 Å². The fourth-order valence-electron chi connectivity index (χ4n) is 2.30. The van der Waals surface area contributed by atoms with E-state index in [9.17, 15) is 5.11 Å². The molecular formula is C14H22N2O2. The molecule has 4 nitrogen and oxygen atoms in total. The zero-order valence-electron chi connectivity index (χ0n) is 11.1. The lowest BCUT2D eigenvalue weighted by Gasteiger charge is -2.25. The van der Waals surface area contributed by atoms with Crippen LogP contribution in [-0.2, 0) is 0 Å². The van der Waals surface area contributed by atoms with Crippen LogP contribution in [0.2, 0.25) is 0 Å². The summed E-state index contributed by atoms with van der Waals surface area (Å²) in [5, 5.41) is 9.32. The number of anilines is 1. The second-order valence-corrected chi connectivity index (χ2v) is 5.33. The minimum atomic E-state index is -0.481. The van der Waals surface area contributed by atoms with Crippen molar-refractivity contribution < 1.29 is 9.84 Å². The Hall–Kier alpha value is -1.26. The zero-order chi connectivity index (χ0) is 13.2. The quantitative estimate of drug-likeness (QED) is 0.847. The summed E-state index contributed by atoms with van der Waals surface area (Å²) in [5.41, 5.74) is 6.69. The van der Waals surface area contributed by atoms with Crippen LogP contribution in [0.1, 0.15) is 20.3 Å². The van der Waals surface area contributed by atoms with Crippen LogP contribution in [0.4, 0.5) is 5.69 Å². The second-order valence-electron chi connectivity index (χ2n) is 5.33.